The number of halogens is 1. The van der Waals surface area contributed by atoms with Crippen LogP contribution in [-0.2, 0) is 19.6 Å². The van der Waals surface area contributed by atoms with E-state index >= 15 is 0 Å². The van der Waals surface area contributed by atoms with E-state index in [1.165, 1.54) is 24.0 Å². The van der Waals surface area contributed by atoms with Gasteiger partial charge in [0.05, 0.1) is 16.1 Å². The molecule has 1 N–H and O–H groups in total. The Morgan fingerprint density at radius 1 is 1.10 bits per heavy atom. The fourth-order valence-electron chi connectivity index (χ4n) is 2.74. The van der Waals surface area contributed by atoms with Crippen molar-refractivity contribution < 1.29 is 27.1 Å². The van der Waals surface area contributed by atoms with E-state index in [0.29, 0.717) is 13.1 Å². The molecule has 0 unspecified atom stereocenters. The number of amides is 1. The Morgan fingerprint density at radius 2 is 1.76 bits per heavy atom. The molecule has 0 saturated carbocycles. The summed E-state index contributed by atoms with van der Waals surface area (Å²) in [5.41, 5.74) is 0.182. The van der Waals surface area contributed by atoms with Crippen molar-refractivity contribution in [2.24, 2.45) is 0 Å². The second-order valence-electron chi connectivity index (χ2n) is 6.20. The maximum absolute atomic E-state index is 13.3. The Labute approximate surface area is 169 Å². The van der Waals surface area contributed by atoms with Crippen LogP contribution in [0.1, 0.15) is 29.8 Å². The number of nitrogens with one attached hydrogen (secondary N) is 1. The summed E-state index contributed by atoms with van der Waals surface area (Å²) >= 11 is 0. The Kier molecular flexibility index (Phi) is 7.33. The first-order chi connectivity index (χ1) is 13.7. The van der Waals surface area contributed by atoms with Crippen LogP contribution in [0.5, 0.6) is 0 Å². The second kappa shape index (κ2) is 9.51. The number of benzene rings is 2. The number of hydrogen-bond donors (Lipinski definition) is 1. The topological polar surface area (TPSA) is 92.8 Å². The molecule has 1 amide bonds. The van der Waals surface area contributed by atoms with Gasteiger partial charge in [0, 0.05) is 13.1 Å². The summed E-state index contributed by atoms with van der Waals surface area (Å²) in [6, 6.07) is 9.18. The highest BCUT2D eigenvalue weighted by atomic mass is 32.2. The molecule has 2 rings (SSSR count). The zero-order valence-electron chi connectivity index (χ0n) is 16.4. The van der Waals surface area contributed by atoms with Crippen molar-refractivity contribution in [3.05, 3.63) is 59.4 Å². The van der Waals surface area contributed by atoms with Gasteiger partial charge in [-0.3, -0.25) is 9.52 Å². The number of likely N-dealkylation sites (N-methyl/N-ethyl adjacent to an activating group) is 1. The third-order valence-corrected chi connectivity index (χ3v) is 5.79. The summed E-state index contributed by atoms with van der Waals surface area (Å²) in [4.78, 5) is 25.8. The van der Waals surface area contributed by atoms with E-state index in [9.17, 15) is 22.4 Å². The summed E-state index contributed by atoms with van der Waals surface area (Å²) in [5, 5.41) is 0. The third-order valence-electron chi connectivity index (χ3n) is 4.26. The largest absolute Gasteiger partial charge is 0.452 e. The molecule has 0 atom stereocenters. The molecule has 29 heavy (non-hydrogen) atoms. The van der Waals surface area contributed by atoms with Gasteiger partial charge in [0.1, 0.15) is 5.82 Å². The van der Waals surface area contributed by atoms with Crippen molar-refractivity contribution in [2.45, 2.75) is 25.7 Å². The van der Waals surface area contributed by atoms with Gasteiger partial charge in [-0.15, -0.1) is 0 Å². The molecular weight excluding hydrogens is 399 g/mol. The highest BCUT2D eigenvalue weighted by Gasteiger charge is 2.22. The zero-order chi connectivity index (χ0) is 21.6. The number of nitrogens with zero attached hydrogens (tertiary/aromatic N) is 1. The third kappa shape index (κ3) is 5.54. The number of carbonyl (C=O) groups excluding carboxylic acids is 2. The number of anilines is 1. The van der Waals surface area contributed by atoms with Gasteiger partial charge in [-0.2, -0.15) is 0 Å². The van der Waals surface area contributed by atoms with Crippen molar-refractivity contribution in [1.82, 2.24) is 4.90 Å². The molecule has 0 saturated heterocycles. The molecule has 0 aromatic heterocycles. The molecule has 156 valence electrons. The molecule has 0 aliphatic rings. The van der Waals surface area contributed by atoms with Crippen molar-refractivity contribution in [1.29, 1.82) is 0 Å². The van der Waals surface area contributed by atoms with E-state index in [1.54, 1.807) is 12.1 Å². The number of para-hydroxylation sites is 1. The van der Waals surface area contributed by atoms with Crippen LogP contribution in [0.15, 0.2) is 47.4 Å². The number of rotatable bonds is 8. The molecule has 0 aliphatic heterocycles. The van der Waals surface area contributed by atoms with Crippen molar-refractivity contribution in [3.63, 3.8) is 0 Å². The average Bonchev–Trinajstić information content (AvgIpc) is 2.66. The van der Waals surface area contributed by atoms with E-state index in [0.717, 1.165) is 18.2 Å². The van der Waals surface area contributed by atoms with E-state index in [2.05, 4.69) is 4.72 Å². The molecule has 9 heteroatoms. The first-order valence-corrected chi connectivity index (χ1v) is 10.5. The highest BCUT2D eigenvalue weighted by molar-refractivity contribution is 7.92. The molecule has 0 fully saturated rings. The number of hydrogen-bond acceptors (Lipinski definition) is 5. The van der Waals surface area contributed by atoms with Crippen molar-refractivity contribution in [2.75, 3.05) is 24.4 Å². The van der Waals surface area contributed by atoms with Gasteiger partial charge in [-0.1, -0.05) is 12.1 Å². The standard InChI is InChI=1S/C20H23FN2O5S/c1-4-23(5-2)19(24)13-28-20(25)16-8-6-7-9-17(16)22-29(26,27)18-11-10-15(21)12-14(18)3/h6-12,22H,4-5,13H2,1-3H3. The number of aryl methyl sites for hydroxylation is 1. The SMILES string of the molecule is CCN(CC)C(=O)COC(=O)c1ccccc1NS(=O)(=O)c1ccc(F)cc1C. The smallest absolute Gasteiger partial charge is 0.340 e. The highest BCUT2D eigenvalue weighted by Crippen LogP contribution is 2.23. The lowest BCUT2D eigenvalue weighted by Gasteiger charge is -2.18. The predicted molar refractivity (Wildman–Crippen MR) is 107 cm³/mol. The van der Waals surface area contributed by atoms with E-state index in [-0.39, 0.29) is 27.6 Å². The summed E-state index contributed by atoms with van der Waals surface area (Å²) in [5.74, 6) is -1.73. The molecule has 7 nitrogen and oxygen atoms in total. The lowest BCUT2D eigenvalue weighted by atomic mass is 10.2. The van der Waals surface area contributed by atoms with Crippen LogP contribution in [0.2, 0.25) is 0 Å². The Bertz CT molecular complexity index is 1000. The molecule has 2 aromatic rings. The van der Waals surface area contributed by atoms with Crippen LogP contribution >= 0.6 is 0 Å². The van der Waals surface area contributed by atoms with Gasteiger partial charge >= 0.3 is 5.97 Å². The first kappa shape index (κ1) is 22.4. The fraction of sp³-hybridized carbons (Fsp3) is 0.300. The normalized spacial score (nSPS) is 11.0. The lowest BCUT2D eigenvalue weighted by molar-refractivity contribution is -0.134. The summed E-state index contributed by atoms with van der Waals surface area (Å²) in [7, 11) is -4.07. The molecule has 0 bridgehead atoms. The number of ether oxygens (including phenoxy) is 1. The van der Waals surface area contributed by atoms with Crippen LogP contribution in [0, 0.1) is 12.7 Å². The molecule has 0 radical (unpaired) electrons. The van der Waals surface area contributed by atoms with Crippen LogP contribution in [0.3, 0.4) is 0 Å². The van der Waals surface area contributed by atoms with Gasteiger partial charge in [0.25, 0.3) is 15.9 Å². The van der Waals surface area contributed by atoms with E-state index in [4.69, 9.17) is 4.74 Å². The van der Waals surface area contributed by atoms with Crippen LogP contribution in [0.25, 0.3) is 0 Å². The molecule has 0 heterocycles. The molecule has 0 spiro atoms. The quantitative estimate of drug-likeness (QED) is 0.661. The second-order valence-corrected chi connectivity index (χ2v) is 7.85. The maximum atomic E-state index is 13.3. The van der Waals surface area contributed by atoms with E-state index in [1.807, 2.05) is 13.8 Å². The fourth-order valence-corrected chi connectivity index (χ4v) is 4.04. The van der Waals surface area contributed by atoms with Gasteiger partial charge in [-0.05, 0) is 56.7 Å². The van der Waals surface area contributed by atoms with E-state index < -0.39 is 28.4 Å². The van der Waals surface area contributed by atoms with Crippen LogP contribution in [-0.4, -0.2) is 44.9 Å². The zero-order valence-corrected chi connectivity index (χ0v) is 17.3. The van der Waals surface area contributed by atoms with Crippen molar-refractivity contribution in [3.8, 4) is 0 Å². The predicted octanol–water partition coefficient (Wildman–Crippen LogP) is 2.96. The number of esters is 1. The summed E-state index contributed by atoms with van der Waals surface area (Å²) in [6.07, 6.45) is 0. The van der Waals surface area contributed by atoms with Crippen LogP contribution < -0.4 is 4.72 Å². The first-order valence-electron chi connectivity index (χ1n) is 9.02. The Morgan fingerprint density at radius 3 is 2.38 bits per heavy atom. The molecule has 0 aliphatic carbocycles. The van der Waals surface area contributed by atoms with Crippen molar-refractivity contribution >= 4 is 27.6 Å². The monoisotopic (exact) mass is 422 g/mol. The maximum Gasteiger partial charge on any atom is 0.340 e. The molecular formula is C20H23FN2O5S. The summed E-state index contributed by atoms with van der Waals surface area (Å²) < 4.78 is 46.1. The minimum atomic E-state index is -4.07. The number of sulfonamides is 1. The Hall–Kier alpha value is -2.94. The number of carbonyl (C=O) groups is 2. The van der Waals surface area contributed by atoms with Gasteiger partial charge in [-0.25, -0.2) is 17.6 Å². The lowest BCUT2D eigenvalue weighted by Crippen LogP contribution is -2.34. The van der Waals surface area contributed by atoms with Gasteiger partial charge in [0.2, 0.25) is 0 Å². The minimum Gasteiger partial charge on any atom is -0.452 e. The summed E-state index contributed by atoms with van der Waals surface area (Å²) in [6.45, 7) is 5.62. The average molecular weight is 422 g/mol. The molecule has 2 aromatic carbocycles. The Balaban J connectivity index is 2.22. The minimum absolute atomic E-state index is 0.00323. The van der Waals surface area contributed by atoms with Gasteiger partial charge in [0.15, 0.2) is 6.61 Å². The van der Waals surface area contributed by atoms with Gasteiger partial charge < -0.3 is 9.64 Å². The van der Waals surface area contributed by atoms with Crippen LogP contribution in [0.4, 0.5) is 10.1 Å².